The van der Waals surface area contributed by atoms with Crippen LogP contribution in [0.5, 0.6) is 5.75 Å². The number of ether oxygens (including phenoxy) is 2. The van der Waals surface area contributed by atoms with E-state index in [2.05, 4.69) is 13.0 Å². The quantitative estimate of drug-likeness (QED) is 0.399. The average Bonchev–Trinajstić information content (AvgIpc) is 3.35. The van der Waals surface area contributed by atoms with E-state index in [4.69, 9.17) is 9.47 Å². The Labute approximate surface area is 209 Å². The number of carbonyl (C=O) groups excluding carboxylic acids is 2. The van der Waals surface area contributed by atoms with Crippen LogP contribution in [0.4, 0.5) is 0 Å². The topological polar surface area (TPSA) is 76.1 Å². The lowest BCUT2D eigenvalue weighted by molar-refractivity contribution is -0.140. The molecule has 4 atom stereocenters. The molecule has 1 aromatic carbocycles. The Hall–Kier alpha value is -2.44. The number of aromatic hydroxyl groups is 1. The number of nitrogens with zero attached hydrogens (tertiary/aromatic N) is 1. The smallest absolute Gasteiger partial charge is 0.233 e. The summed E-state index contributed by atoms with van der Waals surface area (Å²) in [4.78, 5) is 27.7. The first-order chi connectivity index (χ1) is 16.8. The van der Waals surface area contributed by atoms with Crippen molar-refractivity contribution >= 4 is 17.9 Å². The van der Waals surface area contributed by atoms with Crippen molar-refractivity contribution in [2.75, 3.05) is 26.9 Å². The summed E-state index contributed by atoms with van der Waals surface area (Å²) in [5.41, 5.74) is 6.54. The van der Waals surface area contributed by atoms with Gasteiger partial charge in [-0.05, 0) is 85.9 Å². The van der Waals surface area contributed by atoms with Gasteiger partial charge >= 0.3 is 0 Å². The molecule has 6 heteroatoms. The lowest BCUT2D eigenvalue weighted by Crippen LogP contribution is -2.35. The van der Waals surface area contributed by atoms with Crippen molar-refractivity contribution in [3.8, 4) is 5.75 Å². The van der Waals surface area contributed by atoms with E-state index in [9.17, 15) is 14.7 Å². The number of carbonyl (C=O) groups is 2. The first-order valence-corrected chi connectivity index (χ1v) is 13.0. The molecule has 3 aliphatic rings. The van der Waals surface area contributed by atoms with Gasteiger partial charge in [0, 0.05) is 19.6 Å². The van der Waals surface area contributed by atoms with Gasteiger partial charge in [0.1, 0.15) is 5.75 Å². The van der Waals surface area contributed by atoms with Gasteiger partial charge in [0.05, 0.1) is 31.2 Å². The Morgan fingerprint density at radius 1 is 1.17 bits per heavy atom. The van der Waals surface area contributed by atoms with Crippen LogP contribution in [0.25, 0.3) is 6.08 Å². The second-order valence-corrected chi connectivity index (χ2v) is 10.3. The molecule has 1 N–H and O–H groups in total. The fraction of sp³-hybridized carbons (Fsp3) is 0.586. The predicted molar refractivity (Wildman–Crippen MR) is 136 cm³/mol. The third-order valence-electron chi connectivity index (χ3n) is 7.93. The van der Waals surface area contributed by atoms with Crippen molar-refractivity contribution in [2.24, 2.45) is 17.8 Å². The number of allylic oxidation sites excluding steroid dienone is 1. The van der Waals surface area contributed by atoms with Crippen LogP contribution in [-0.4, -0.2) is 54.8 Å². The summed E-state index contributed by atoms with van der Waals surface area (Å²) in [6.45, 7) is 9.48. The van der Waals surface area contributed by atoms with E-state index in [0.29, 0.717) is 31.9 Å². The molecule has 1 aliphatic carbocycles. The average molecular weight is 482 g/mol. The highest BCUT2D eigenvalue weighted by Gasteiger charge is 2.56. The van der Waals surface area contributed by atoms with Crippen LogP contribution in [0.3, 0.4) is 0 Å². The van der Waals surface area contributed by atoms with Crippen LogP contribution in [0, 0.1) is 31.6 Å². The Bertz CT molecular complexity index is 1030. The van der Waals surface area contributed by atoms with Gasteiger partial charge in [-0.15, -0.1) is 0 Å². The first kappa shape index (κ1) is 25.6. The van der Waals surface area contributed by atoms with Gasteiger partial charge in [0.25, 0.3) is 0 Å². The standard InChI is InChI=1S/C29H39NO5/c1-6-10-30-28(32)22-14-21(15-34-5)25-23(26(22)29(30)33)16-35-24(25)9-8-19(7-2)13-20-11-17(3)27(31)18(4)12-20/h11-13,22-24,26,31H,6-10,14-16H2,1-5H3/b19-13+/t22-,23+,24-,26-/m1/s1. The summed E-state index contributed by atoms with van der Waals surface area (Å²) >= 11 is 0. The minimum Gasteiger partial charge on any atom is -0.507 e. The second kappa shape index (κ2) is 10.7. The SMILES string of the molecule is CCCN1C(=O)[C@@H]2[C@@H](CC(COC)=C3[C@@H](CC/C(=C/c4cc(C)c(O)c(C)c4)CC)OC[C@@H]32)C1=O. The summed E-state index contributed by atoms with van der Waals surface area (Å²) in [5, 5.41) is 10.1. The van der Waals surface area contributed by atoms with Crippen molar-refractivity contribution in [3.05, 3.63) is 45.5 Å². The van der Waals surface area contributed by atoms with Crippen LogP contribution in [0.2, 0.25) is 0 Å². The van der Waals surface area contributed by atoms with Crippen molar-refractivity contribution in [1.29, 1.82) is 0 Å². The molecule has 0 radical (unpaired) electrons. The first-order valence-electron chi connectivity index (χ1n) is 13.0. The number of likely N-dealkylation sites (tertiary alicyclic amines) is 1. The molecule has 6 nitrogen and oxygen atoms in total. The zero-order valence-corrected chi connectivity index (χ0v) is 21.7. The molecule has 2 amide bonds. The molecule has 0 bridgehead atoms. The highest BCUT2D eigenvalue weighted by molar-refractivity contribution is 6.05. The normalized spacial score (nSPS) is 26.5. The number of benzene rings is 1. The minimum absolute atomic E-state index is 0.0164. The van der Waals surface area contributed by atoms with Gasteiger partial charge < -0.3 is 14.6 Å². The van der Waals surface area contributed by atoms with E-state index in [1.165, 1.54) is 16.0 Å². The van der Waals surface area contributed by atoms with Crippen LogP contribution in [0.15, 0.2) is 28.9 Å². The highest BCUT2D eigenvalue weighted by atomic mass is 16.5. The number of fused-ring (bicyclic) bond motifs is 3. The highest BCUT2D eigenvalue weighted by Crippen LogP contribution is 2.50. The Morgan fingerprint density at radius 3 is 2.51 bits per heavy atom. The Morgan fingerprint density at radius 2 is 1.89 bits per heavy atom. The molecule has 0 unspecified atom stereocenters. The number of hydrogen-bond donors (Lipinski definition) is 1. The molecular weight excluding hydrogens is 442 g/mol. The van der Waals surface area contributed by atoms with Gasteiger partial charge in [-0.25, -0.2) is 0 Å². The molecule has 2 fully saturated rings. The van der Waals surface area contributed by atoms with Gasteiger partial charge in [-0.1, -0.05) is 25.5 Å². The fourth-order valence-corrected chi connectivity index (χ4v) is 6.26. The molecule has 4 rings (SSSR count). The van der Waals surface area contributed by atoms with Gasteiger partial charge in [0.2, 0.25) is 11.8 Å². The maximum atomic E-state index is 13.2. The molecule has 190 valence electrons. The van der Waals surface area contributed by atoms with Crippen molar-refractivity contribution in [1.82, 2.24) is 4.90 Å². The van der Waals surface area contributed by atoms with E-state index in [1.54, 1.807) is 7.11 Å². The Kier molecular flexibility index (Phi) is 7.82. The lowest BCUT2D eigenvalue weighted by Gasteiger charge is -2.31. The molecule has 0 spiro atoms. The van der Waals surface area contributed by atoms with Gasteiger partial charge in [-0.3, -0.25) is 14.5 Å². The molecule has 2 aliphatic heterocycles. The molecule has 0 aromatic heterocycles. The summed E-state index contributed by atoms with van der Waals surface area (Å²) in [7, 11) is 1.68. The maximum absolute atomic E-state index is 13.2. The molecule has 0 saturated carbocycles. The number of imide groups is 1. The van der Waals surface area contributed by atoms with Gasteiger partial charge in [0.15, 0.2) is 0 Å². The lowest BCUT2D eigenvalue weighted by atomic mass is 9.69. The predicted octanol–water partition coefficient (Wildman–Crippen LogP) is 4.96. The van der Waals surface area contributed by atoms with E-state index in [0.717, 1.165) is 47.9 Å². The van der Waals surface area contributed by atoms with Crippen molar-refractivity contribution in [2.45, 2.75) is 65.9 Å². The maximum Gasteiger partial charge on any atom is 0.233 e. The largest absolute Gasteiger partial charge is 0.507 e. The molecule has 2 saturated heterocycles. The third-order valence-corrected chi connectivity index (χ3v) is 7.93. The number of phenolic OH excluding ortho intramolecular Hbond substituents is 1. The second-order valence-electron chi connectivity index (χ2n) is 10.3. The number of phenols is 1. The number of rotatable bonds is 9. The van der Waals surface area contributed by atoms with Gasteiger partial charge in [-0.2, -0.15) is 0 Å². The fourth-order valence-electron chi connectivity index (χ4n) is 6.26. The van der Waals surface area contributed by atoms with Crippen LogP contribution >= 0.6 is 0 Å². The summed E-state index contributed by atoms with van der Waals surface area (Å²) in [5.74, 6) is -0.276. The number of hydrogen-bond acceptors (Lipinski definition) is 5. The Balaban J connectivity index is 1.55. The summed E-state index contributed by atoms with van der Waals surface area (Å²) < 4.78 is 11.8. The van der Waals surface area contributed by atoms with Crippen LogP contribution in [-0.2, 0) is 19.1 Å². The van der Waals surface area contributed by atoms with Crippen molar-refractivity contribution < 1.29 is 24.2 Å². The summed E-state index contributed by atoms with van der Waals surface area (Å²) in [6, 6.07) is 4.04. The number of amides is 2. The molecule has 35 heavy (non-hydrogen) atoms. The molecule has 2 heterocycles. The summed E-state index contributed by atoms with van der Waals surface area (Å²) in [6.07, 6.45) is 6.20. The van der Waals surface area contributed by atoms with Crippen LogP contribution in [0.1, 0.15) is 62.6 Å². The van der Waals surface area contributed by atoms with Crippen molar-refractivity contribution in [3.63, 3.8) is 0 Å². The van der Waals surface area contributed by atoms with E-state index >= 15 is 0 Å². The monoisotopic (exact) mass is 481 g/mol. The van der Waals surface area contributed by atoms with E-state index in [-0.39, 0.29) is 35.7 Å². The number of aryl methyl sites for hydroxylation is 2. The molecular formula is C29H39NO5. The van der Waals surface area contributed by atoms with Crippen LogP contribution < -0.4 is 0 Å². The van der Waals surface area contributed by atoms with E-state index in [1.807, 2.05) is 32.9 Å². The zero-order chi connectivity index (χ0) is 25.3. The number of methoxy groups -OCH3 is 1. The molecule has 1 aromatic rings. The van der Waals surface area contributed by atoms with E-state index < -0.39 is 0 Å². The minimum atomic E-state index is -0.293. The third kappa shape index (κ3) is 4.83. The zero-order valence-electron chi connectivity index (χ0n) is 21.7.